The largest absolute Gasteiger partial charge is 0.256 e. The van der Waals surface area contributed by atoms with Crippen molar-refractivity contribution in [3.8, 4) is 0 Å². The van der Waals surface area contributed by atoms with Gasteiger partial charge in [-0.25, -0.2) is 0 Å². The van der Waals surface area contributed by atoms with Crippen molar-refractivity contribution in [3.05, 3.63) is 41.6 Å². The number of rotatable bonds is 1. The lowest BCUT2D eigenvalue weighted by Crippen LogP contribution is -1.88. The van der Waals surface area contributed by atoms with E-state index in [1.165, 1.54) is 16.5 Å². The fraction of sp³-hybridized carbons (Fsp3) is 0.250. The predicted molar refractivity (Wildman–Crippen MR) is 55.9 cm³/mol. The molecule has 2 aromatic rings. The number of hydrogen-bond acceptors (Lipinski definition) is 1. The van der Waals surface area contributed by atoms with E-state index < -0.39 is 0 Å². The summed E-state index contributed by atoms with van der Waals surface area (Å²) in [4.78, 5) is 4.41. The molecule has 66 valence electrons. The first kappa shape index (κ1) is 8.24. The summed E-state index contributed by atoms with van der Waals surface area (Å²) in [6.07, 6.45) is 2.94. The molecule has 0 saturated carbocycles. The first-order valence-corrected chi connectivity index (χ1v) is 4.66. The highest BCUT2D eigenvalue weighted by Gasteiger charge is 2.00. The number of nitrogens with zero attached hydrogens (tertiary/aromatic N) is 1. The van der Waals surface area contributed by atoms with Crippen molar-refractivity contribution in [3.63, 3.8) is 0 Å². The summed E-state index contributed by atoms with van der Waals surface area (Å²) in [7, 11) is 0. The molecule has 0 unspecified atom stereocenters. The molecule has 13 heavy (non-hydrogen) atoms. The Morgan fingerprint density at radius 3 is 2.85 bits per heavy atom. The van der Waals surface area contributed by atoms with Gasteiger partial charge in [0.2, 0.25) is 0 Å². The topological polar surface area (TPSA) is 12.9 Å². The third-order valence-corrected chi connectivity index (χ3v) is 2.45. The van der Waals surface area contributed by atoms with Gasteiger partial charge < -0.3 is 0 Å². The molecule has 0 aliphatic rings. The Hall–Kier alpha value is -1.37. The summed E-state index contributed by atoms with van der Waals surface area (Å²) >= 11 is 0. The SMILES string of the molecule is CCc1cccc2c(C)ccnc12. The van der Waals surface area contributed by atoms with Crippen LogP contribution in [0.4, 0.5) is 0 Å². The Morgan fingerprint density at radius 2 is 2.08 bits per heavy atom. The number of hydrogen-bond donors (Lipinski definition) is 0. The second-order valence-electron chi connectivity index (χ2n) is 3.29. The van der Waals surface area contributed by atoms with Crippen molar-refractivity contribution in [2.24, 2.45) is 0 Å². The summed E-state index contributed by atoms with van der Waals surface area (Å²) in [6, 6.07) is 8.45. The zero-order valence-electron chi connectivity index (χ0n) is 8.04. The number of pyridine rings is 1. The van der Waals surface area contributed by atoms with Crippen molar-refractivity contribution < 1.29 is 0 Å². The Bertz CT molecular complexity index is 432. The van der Waals surface area contributed by atoms with Crippen LogP contribution in [-0.2, 0) is 6.42 Å². The van der Waals surface area contributed by atoms with Crippen molar-refractivity contribution >= 4 is 10.9 Å². The molecule has 2 rings (SSSR count). The van der Waals surface area contributed by atoms with Gasteiger partial charge in [0, 0.05) is 11.6 Å². The smallest absolute Gasteiger partial charge is 0.0736 e. The molecule has 0 spiro atoms. The number of benzene rings is 1. The molecule has 1 nitrogen and oxygen atoms in total. The number of aryl methyl sites for hydroxylation is 2. The van der Waals surface area contributed by atoms with Gasteiger partial charge in [-0.1, -0.05) is 25.1 Å². The van der Waals surface area contributed by atoms with Crippen LogP contribution in [0.15, 0.2) is 30.5 Å². The first-order chi connectivity index (χ1) is 6.33. The second kappa shape index (κ2) is 3.17. The molecule has 1 heteroatoms. The molecule has 0 atom stereocenters. The van der Waals surface area contributed by atoms with Gasteiger partial charge in [0.05, 0.1) is 5.52 Å². The number of aromatic nitrogens is 1. The fourth-order valence-electron chi connectivity index (χ4n) is 1.66. The van der Waals surface area contributed by atoms with Gasteiger partial charge >= 0.3 is 0 Å². The van der Waals surface area contributed by atoms with Crippen LogP contribution in [-0.4, -0.2) is 4.98 Å². The van der Waals surface area contributed by atoms with Gasteiger partial charge in [-0.15, -0.1) is 0 Å². The maximum atomic E-state index is 4.41. The standard InChI is InChI=1S/C12H13N/c1-3-10-5-4-6-11-9(2)7-8-13-12(10)11/h4-8H,3H2,1-2H3. The molecule has 1 heterocycles. The highest BCUT2D eigenvalue weighted by molar-refractivity contribution is 5.84. The zero-order valence-corrected chi connectivity index (χ0v) is 8.04. The van der Waals surface area contributed by atoms with Gasteiger partial charge in [-0.2, -0.15) is 0 Å². The van der Waals surface area contributed by atoms with E-state index in [0.29, 0.717) is 0 Å². The van der Waals surface area contributed by atoms with Crippen LogP contribution in [0.5, 0.6) is 0 Å². The van der Waals surface area contributed by atoms with E-state index in [9.17, 15) is 0 Å². The Morgan fingerprint density at radius 1 is 1.23 bits per heavy atom. The molecule has 1 aromatic carbocycles. The molecule has 0 fully saturated rings. The first-order valence-electron chi connectivity index (χ1n) is 4.66. The number of fused-ring (bicyclic) bond motifs is 1. The third kappa shape index (κ3) is 1.31. The van der Waals surface area contributed by atoms with E-state index in [0.717, 1.165) is 11.9 Å². The van der Waals surface area contributed by atoms with E-state index in [-0.39, 0.29) is 0 Å². The summed E-state index contributed by atoms with van der Waals surface area (Å²) < 4.78 is 0. The zero-order chi connectivity index (χ0) is 9.26. The second-order valence-corrected chi connectivity index (χ2v) is 3.29. The lowest BCUT2D eigenvalue weighted by atomic mass is 10.0. The predicted octanol–water partition coefficient (Wildman–Crippen LogP) is 3.11. The highest BCUT2D eigenvalue weighted by Crippen LogP contribution is 2.19. The Labute approximate surface area is 78.4 Å². The van der Waals surface area contributed by atoms with Crippen LogP contribution in [0.25, 0.3) is 10.9 Å². The quantitative estimate of drug-likeness (QED) is 0.642. The Kier molecular flexibility index (Phi) is 2.01. The third-order valence-electron chi connectivity index (χ3n) is 2.45. The van der Waals surface area contributed by atoms with Crippen LogP contribution >= 0.6 is 0 Å². The van der Waals surface area contributed by atoms with Crippen LogP contribution in [0, 0.1) is 6.92 Å². The van der Waals surface area contributed by atoms with E-state index in [2.05, 4.69) is 43.1 Å². The molecule has 0 radical (unpaired) electrons. The van der Waals surface area contributed by atoms with Crippen molar-refractivity contribution in [1.82, 2.24) is 4.98 Å². The van der Waals surface area contributed by atoms with Crippen LogP contribution in [0.2, 0.25) is 0 Å². The lowest BCUT2D eigenvalue weighted by molar-refractivity contribution is 1.14. The normalized spacial score (nSPS) is 10.6. The van der Waals surface area contributed by atoms with Crippen LogP contribution in [0.1, 0.15) is 18.1 Å². The fourth-order valence-corrected chi connectivity index (χ4v) is 1.66. The van der Waals surface area contributed by atoms with Gasteiger partial charge in [0.25, 0.3) is 0 Å². The molecule has 0 N–H and O–H groups in total. The maximum Gasteiger partial charge on any atom is 0.0736 e. The van der Waals surface area contributed by atoms with Gasteiger partial charge in [0.1, 0.15) is 0 Å². The summed E-state index contributed by atoms with van der Waals surface area (Å²) in [6.45, 7) is 4.29. The van der Waals surface area contributed by atoms with Crippen LogP contribution in [0.3, 0.4) is 0 Å². The molecular weight excluding hydrogens is 158 g/mol. The molecular formula is C12H13N. The van der Waals surface area contributed by atoms with E-state index in [4.69, 9.17) is 0 Å². The summed E-state index contributed by atoms with van der Waals surface area (Å²) in [5.74, 6) is 0. The highest BCUT2D eigenvalue weighted by atomic mass is 14.6. The number of para-hydroxylation sites is 1. The average Bonchev–Trinajstić information content (AvgIpc) is 2.18. The minimum absolute atomic E-state index is 1.05. The van der Waals surface area contributed by atoms with Gasteiger partial charge in [-0.05, 0) is 30.5 Å². The summed E-state index contributed by atoms with van der Waals surface area (Å²) in [5, 5.41) is 1.28. The van der Waals surface area contributed by atoms with Crippen molar-refractivity contribution in [2.45, 2.75) is 20.3 Å². The van der Waals surface area contributed by atoms with Crippen molar-refractivity contribution in [1.29, 1.82) is 0 Å². The molecule has 0 amide bonds. The van der Waals surface area contributed by atoms with Crippen molar-refractivity contribution in [2.75, 3.05) is 0 Å². The maximum absolute atomic E-state index is 4.41. The molecule has 0 aliphatic heterocycles. The van der Waals surface area contributed by atoms with Crippen LogP contribution < -0.4 is 0 Å². The Balaban J connectivity index is 2.84. The van der Waals surface area contributed by atoms with Gasteiger partial charge in [-0.3, -0.25) is 4.98 Å². The average molecular weight is 171 g/mol. The minimum atomic E-state index is 1.05. The van der Waals surface area contributed by atoms with E-state index in [1.807, 2.05) is 6.20 Å². The van der Waals surface area contributed by atoms with E-state index >= 15 is 0 Å². The molecule has 0 bridgehead atoms. The van der Waals surface area contributed by atoms with Gasteiger partial charge in [0.15, 0.2) is 0 Å². The molecule has 1 aromatic heterocycles. The van der Waals surface area contributed by atoms with E-state index in [1.54, 1.807) is 0 Å². The summed E-state index contributed by atoms with van der Waals surface area (Å²) in [5.41, 5.74) is 3.80. The molecule has 0 saturated heterocycles. The molecule has 0 aliphatic carbocycles. The lowest BCUT2D eigenvalue weighted by Gasteiger charge is -2.04. The minimum Gasteiger partial charge on any atom is -0.256 e. The monoisotopic (exact) mass is 171 g/mol.